The normalized spacial score (nSPS) is 13.8. The van der Waals surface area contributed by atoms with Crippen LogP contribution in [0.1, 0.15) is 252 Å². The minimum atomic E-state index is -4.75. The summed E-state index contributed by atoms with van der Waals surface area (Å²) < 4.78 is 39.4. The average molecular weight is 981 g/mol. The highest BCUT2D eigenvalue weighted by molar-refractivity contribution is 7.47. The van der Waals surface area contributed by atoms with E-state index in [4.69, 9.17) is 23.3 Å². The molecule has 0 aliphatic carbocycles. The topological polar surface area (TPSA) is 155 Å². The fourth-order valence-electron chi connectivity index (χ4n) is 7.58. The quantitative estimate of drug-likeness (QED) is 0.0197. The summed E-state index contributed by atoms with van der Waals surface area (Å²) >= 11 is 0. The highest BCUT2D eigenvalue weighted by Crippen LogP contribution is 2.43. The van der Waals surface area contributed by atoms with Crippen molar-refractivity contribution in [3.8, 4) is 0 Å². The van der Waals surface area contributed by atoms with Crippen molar-refractivity contribution in [1.82, 2.24) is 0 Å². The smallest absolute Gasteiger partial charge is 0.462 e. The zero-order chi connectivity index (χ0) is 49.9. The Kier molecular flexibility index (Phi) is 48.9. The van der Waals surface area contributed by atoms with Gasteiger partial charge in [0.05, 0.1) is 19.8 Å². The molecule has 0 fully saturated rings. The molecule has 3 unspecified atom stereocenters. The number of unbranched alkanes of at least 4 members (excludes halogenated alkanes) is 26. The molecule has 396 valence electrons. The summed E-state index contributed by atoms with van der Waals surface area (Å²) in [6, 6.07) is 0. The summed E-state index contributed by atoms with van der Waals surface area (Å²) in [5.74, 6) is -1.50. The Morgan fingerprint density at radius 1 is 0.426 bits per heavy atom. The first kappa shape index (κ1) is 65.4. The molecule has 0 aromatic heterocycles. The molecule has 0 aliphatic heterocycles. The number of esters is 3. The van der Waals surface area contributed by atoms with Gasteiger partial charge in [-0.1, -0.05) is 223 Å². The third kappa shape index (κ3) is 48.5. The standard InChI is InChI=1S/C56H101O11P/c1-4-7-10-13-16-19-22-24-26-28-31-33-36-39-42-45-54(58)63-49-53(67-56(60)47-44-41-38-35-32-29-27-25-23-20-17-14-11-8-5-2)51-65-68(61,62)64-50-52(48-57)66-55(59)46-43-40-37-34-30-21-18-15-12-9-6-3/h7,10,16,19,24,26,31,33,52-53,57H,4-6,8-9,11-15,17-18,20-23,25,27-30,32,34-51H2,1-3H3,(H,61,62)/b10-7-,19-16-,26-24-,33-31-. The number of phosphoric acid groups is 1. The molecule has 0 amide bonds. The Hall–Kier alpha value is -2.56. The minimum absolute atomic E-state index is 0.163. The van der Waals surface area contributed by atoms with Crippen LogP contribution in [0, 0.1) is 0 Å². The van der Waals surface area contributed by atoms with E-state index < -0.39 is 57.8 Å². The highest BCUT2D eigenvalue weighted by atomic mass is 31.2. The van der Waals surface area contributed by atoms with Gasteiger partial charge < -0.3 is 24.2 Å². The lowest BCUT2D eigenvalue weighted by Crippen LogP contribution is -2.30. The fourth-order valence-corrected chi connectivity index (χ4v) is 8.37. The summed E-state index contributed by atoms with van der Waals surface area (Å²) in [4.78, 5) is 48.4. The van der Waals surface area contributed by atoms with Gasteiger partial charge in [0.25, 0.3) is 0 Å². The van der Waals surface area contributed by atoms with Crippen LogP contribution in [0.4, 0.5) is 0 Å². The molecule has 11 nitrogen and oxygen atoms in total. The molecule has 68 heavy (non-hydrogen) atoms. The van der Waals surface area contributed by atoms with Crippen LogP contribution in [0.3, 0.4) is 0 Å². The maximum atomic E-state index is 12.9. The number of carbonyl (C=O) groups excluding carboxylic acids is 3. The van der Waals surface area contributed by atoms with Gasteiger partial charge in [0, 0.05) is 19.3 Å². The molecule has 0 rings (SSSR count). The van der Waals surface area contributed by atoms with Crippen LogP contribution < -0.4 is 0 Å². The second-order valence-electron chi connectivity index (χ2n) is 18.4. The summed E-state index contributed by atoms with van der Waals surface area (Å²) in [6.07, 6.45) is 52.2. The number of carbonyl (C=O) groups is 3. The largest absolute Gasteiger partial charge is 0.472 e. The number of aliphatic hydroxyl groups is 1. The third-order valence-electron chi connectivity index (χ3n) is 11.8. The Morgan fingerprint density at radius 3 is 1.18 bits per heavy atom. The Bertz CT molecular complexity index is 1330. The van der Waals surface area contributed by atoms with E-state index in [1.807, 2.05) is 0 Å². The summed E-state index contributed by atoms with van der Waals surface area (Å²) in [5.41, 5.74) is 0. The van der Waals surface area contributed by atoms with Crippen LogP contribution in [0.5, 0.6) is 0 Å². The van der Waals surface area contributed by atoms with Crippen molar-refractivity contribution in [3.63, 3.8) is 0 Å². The highest BCUT2D eigenvalue weighted by Gasteiger charge is 2.28. The van der Waals surface area contributed by atoms with Gasteiger partial charge in [0.2, 0.25) is 0 Å². The van der Waals surface area contributed by atoms with Crippen LogP contribution in [-0.4, -0.2) is 66.5 Å². The maximum absolute atomic E-state index is 12.9. The van der Waals surface area contributed by atoms with Gasteiger partial charge in [-0.3, -0.25) is 23.4 Å². The van der Waals surface area contributed by atoms with Crippen LogP contribution in [0.25, 0.3) is 0 Å². The molecular weight excluding hydrogens is 880 g/mol. The van der Waals surface area contributed by atoms with E-state index in [2.05, 4.69) is 69.4 Å². The van der Waals surface area contributed by atoms with E-state index in [1.165, 1.54) is 116 Å². The van der Waals surface area contributed by atoms with Crippen LogP contribution in [-0.2, 0) is 42.2 Å². The van der Waals surface area contributed by atoms with E-state index in [1.54, 1.807) is 0 Å². The number of aliphatic hydroxyl groups excluding tert-OH is 1. The SMILES string of the molecule is CC/C=C\C/C=C\C/C=C\C/C=C\CCCCC(=O)OCC(COP(=O)(O)OCC(CO)OC(=O)CCCCCCCCCCCCC)OC(=O)CCCCCCCCCCCCCCCCC. The molecule has 12 heteroatoms. The summed E-state index contributed by atoms with van der Waals surface area (Å²) in [7, 11) is -4.75. The van der Waals surface area contributed by atoms with Crippen molar-refractivity contribution in [3.05, 3.63) is 48.6 Å². The summed E-state index contributed by atoms with van der Waals surface area (Å²) in [5, 5.41) is 9.77. The van der Waals surface area contributed by atoms with Crippen molar-refractivity contribution in [1.29, 1.82) is 0 Å². The zero-order valence-electron chi connectivity index (χ0n) is 43.6. The first-order valence-electron chi connectivity index (χ1n) is 27.5. The molecule has 0 saturated carbocycles. The lowest BCUT2D eigenvalue weighted by atomic mass is 10.0. The van der Waals surface area contributed by atoms with Gasteiger partial charge in [-0.05, 0) is 57.8 Å². The molecular formula is C56H101O11P. The minimum Gasteiger partial charge on any atom is -0.462 e. The number of hydrogen-bond donors (Lipinski definition) is 2. The maximum Gasteiger partial charge on any atom is 0.472 e. The molecule has 0 spiro atoms. The molecule has 3 atom stereocenters. The van der Waals surface area contributed by atoms with Gasteiger partial charge in [-0.25, -0.2) is 4.57 Å². The first-order chi connectivity index (χ1) is 33.2. The molecule has 0 aliphatic rings. The molecule has 0 radical (unpaired) electrons. The molecule has 0 heterocycles. The van der Waals surface area contributed by atoms with Gasteiger partial charge in [0.15, 0.2) is 6.10 Å². The molecule has 2 N–H and O–H groups in total. The Labute approximate surface area is 415 Å². The van der Waals surface area contributed by atoms with Crippen molar-refractivity contribution < 1.29 is 52.2 Å². The van der Waals surface area contributed by atoms with E-state index in [-0.39, 0.29) is 25.9 Å². The molecule has 0 aromatic rings. The number of allylic oxidation sites excluding steroid dienone is 8. The number of ether oxygens (including phenoxy) is 3. The van der Waals surface area contributed by atoms with E-state index in [9.17, 15) is 28.9 Å². The van der Waals surface area contributed by atoms with Crippen molar-refractivity contribution in [2.75, 3.05) is 26.4 Å². The predicted molar refractivity (Wildman–Crippen MR) is 279 cm³/mol. The fraction of sp³-hybridized carbons (Fsp3) is 0.804. The van der Waals surface area contributed by atoms with Gasteiger partial charge in [-0.2, -0.15) is 0 Å². The van der Waals surface area contributed by atoms with Crippen LogP contribution in [0.15, 0.2) is 48.6 Å². The van der Waals surface area contributed by atoms with Gasteiger partial charge in [0.1, 0.15) is 12.7 Å². The third-order valence-corrected chi connectivity index (χ3v) is 12.7. The zero-order valence-corrected chi connectivity index (χ0v) is 44.5. The molecule has 0 aromatic carbocycles. The molecule has 0 bridgehead atoms. The Morgan fingerprint density at radius 2 is 0.765 bits per heavy atom. The van der Waals surface area contributed by atoms with Crippen LogP contribution in [0.2, 0.25) is 0 Å². The summed E-state index contributed by atoms with van der Waals surface area (Å²) in [6.45, 7) is 4.49. The average Bonchev–Trinajstić information content (AvgIpc) is 3.32. The van der Waals surface area contributed by atoms with Crippen molar-refractivity contribution >= 4 is 25.7 Å². The number of hydrogen-bond acceptors (Lipinski definition) is 10. The van der Waals surface area contributed by atoms with Crippen molar-refractivity contribution in [2.45, 2.75) is 264 Å². The van der Waals surface area contributed by atoms with E-state index >= 15 is 0 Å². The second-order valence-corrected chi connectivity index (χ2v) is 19.8. The van der Waals surface area contributed by atoms with Crippen molar-refractivity contribution in [2.24, 2.45) is 0 Å². The van der Waals surface area contributed by atoms with Gasteiger partial charge in [-0.15, -0.1) is 0 Å². The molecule has 0 saturated heterocycles. The lowest BCUT2D eigenvalue weighted by molar-refractivity contribution is -0.161. The van der Waals surface area contributed by atoms with Gasteiger partial charge >= 0.3 is 25.7 Å². The first-order valence-corrected chi connectivity index (χ1v) is 29.0. The number of phosphoric ester groups is 1. The predicted octanol–water partition coefficient (Wildman–Crippen LogP) is 15.8. The van der Waals surface area contributed by atoms with E-state index in [0.717, 1.165) is 77.0 Å². The Balaban J connectivity index is 4.77. The second kappa shape index (κ2) is 50.8. The monoisotopic (exact) mass is 981 g/mol. The van der Waals surface area contributed by atoms with Crippen LogP contribution >= 0.6 is 7.82 Å². The van der Waals surface area contributed by atoms with E-state index in [0.29, 0.717) is 19.3 Å². The number of rotatable bonds is 51. The lowest BCUT2D eigenvalue weighted by Gasteiger charge is -2.21.